The summed E-state index contributed by atoms with van der Waals surface area (Å²) in [5, 5.41) is 0. The third-order valence-corrected chi connectivity index (χ3v) is 8.24. The molecule has 30 heavy (non-hydrogen) atoms. The van der Waals surface area contributed by atoms with Gasteiger partial charge in [0.15, 0.2) is 28.2 Å². The predicted molar refractivity (Wildman–Crippen MR) is 98.4 cm³/mol. The molecule has 4 aliphatic rings. The van der Waals surface area contributed by atoms with Crippen molar-refractivity contribution in [2.24, 2.45) is 17.8 Å². The Morgan fingerprint density at radius 2 is 1.43 bits per heavy atom. The van der Waals surface area contributed by atoms with Gasteiger partial charge in [0.2, 0.25) is 0 Å². The number of hydrogen-bond donors (Lipinski definition) is 1. The summed E-state index contributed by atoms with van der Waals surface area (Å²) >= 11 is 0.335. The maximum Gasteiger partial charge on any atom is 0.307 e. The molecule has 0 aliphatic heterocycles. The largest absolute Gasteiger partial charge is 0.459 e. The maximum atomic E-state index is 14.1. The minimum Gasteiger partial charge on any atom is -0.459 e. The number of benzene rings is 1. The summed E-state index contributed by atoms with van der Waals surface area (Å²) in [6.07, 6.45) is 5.76. The van der Waals surface area contributed by atoms with E-state index in [1.165, 1.54) is 19.3 Å². The minimum atomic E-state index is -5.50. The lowest BCUT2D eigenvalue weighted by molar-refractivity contribution is -0.186. The lowest BCUT2D eigenvalue weighted by atomic mass is 9.54. The van der Waals surface area contributed by atoms with Gasteiger partial charge in [-0.2, -0.15) is 8.42 Å². The van der Waals surface area contributed by atoms with E-state index in [0.29, 0.717) is 29.5 Å². The summed E-state index contributed by atoms with van der Waals surface area (Å²) in [5.41, 5.74) is -0.470. The molecular formula is C19H20F4O5S2. The Balaban J connectivity index is 1.41. The second-order valence-corrected chi connectivity index (χ2v) is 11.0. The van der Waals surface area contributed by atoms with Crippen LogP contribution in [0, 0.1) is 41.0 Å². The Morgan fingerprint density at radius 3 is 1.87 bits per heavy atom. The first-order chi connectivity index (χ1) is 14.0. The molecule has 0 heterocycles. The molecule has 5 nitrogen and oxygen atoms in total. The van der Waals surface area contributed by atoms with Crippen molar-refractivity contribution in [3.63, 3.8) is 0 Å². The highest BCUT2D eigenvalue weighted by atomic mass is 32.2. The highest BCUT2D eigenvalue weighted by molar-refractivity contribution is 7.99. The second-order valence-electron chi connectivity index (χ2n) is 8.56. The normalized spacial score (nSPS) is 30.0. The Labute approximate surface area is 175 Å². The summed E-state index contributed by atoms with van der Waals surface area (Å²) in [6.45, 7) is 0. The zero-order valence-electron chi connectivity index (χ0n) is 15.8. The van der Waals surface area contributed by atoms with Gasteiger partial charge in [0.05, 0.1) is 11.3 Å². The van der Waals surface area contributed by atoms with E-state index in [1.54, 1.807) is 0 Å². The standard InChI is InChI=1S/C19H20F4O5S2/c20-13-15(22)18(30(25,26)27)16(23)14(21)17(13)29-2-1-12(24)28-19-6-9-3-10(7-19)5-11(4-9)8-19/h9-11H,1-8H2,(H,25,26,27). The van der Waals surface area contributed by atoms with Gasteiger partial charge in [0.25, 0.3) is 0 Å². The first kappa shape index (κ1) is 21.9. The Kier molecular flexibility index (Phi) is 5.59. The average molecular weight is 468 g/mol. The third-order valence-electron chi connectivity index (χ3n) is 6.31. The summed E-state index contributed by atoms with van der Waals surface area (Å²) < 4.78 is 92.3. The topological polar surface area (TPSA) is 80.7 Å². The highest BCUT2D eigenvalue weighted by Crippen LogP contribution is 2.57. The van der Waals surface area contributed by atoms with E-state index in [0.717, 1.165) is 19.3 Å². The van der Waals surface area contributed by atoms with Crippen LogP contribution in [0.15, 0.2) is 9.79 Å². The predicted octanol–water partition coefficient (Wildman–Crippen LogP) is 4.48. The molecule has 1 aromatic rings. The number of ether oxygens (including phenoxy) is 1. The molecule has 4 aliphatic carbocycles. The van der Waals surface area contributed by atoms with Crippen LogP contribution >= 0.6 is 11.8 Å². The molecule has 0 radical (unpaired) electrons. The summed E-state index contributed by atoms with van der Waals surface area (Å²) in [7, 11) is -5.50. The van der Waals surface area contributed by atoms with Crippen LogP contribution in [0.3, 0.4) is 0 Å². The van der Waals surface area contributed by atoms with Crippen molar-refractivity contribution in [1.82, 2.24) is 0 Å². The van der Waals surface area contributed by atoms with Gasteiger partial charge in [-0.1, -0.05) is 0 Å². The van der Waals surface area contributed by atoms with Crippen molar-refractivity contribution in [1.29, 1.82) is 0 Å². The molecule has 0 amide bonds. The minimum absolute atomic E-state index is 0.219. The first-order valence-electron chi connectivity index (χ1n) is 9.67. The summed E-state index contributed by atoms with van der Waals surface area (Å²) in [4.78, 5) is 9.15. The van der Waals surface area contributed by atoms with Gasteiger partial charge in [-0.05, 0) is 56.3 Å². The molecule has 4 bridgehead atoms. The van der Waals surface area contributed by atoms with Crippen LogP contribution in [0.2, 0.25) is 0 Å². The zero-order valence-corrected chi connectivity index (χ0v) is 17.4. The fraction of sp³-hybridized carbons (Fsp3) is 0.632. The molecule has 1 aromatic carbocycles. The highest BCUT2D eigenvalue weighted by Gasteiger charge is 2.53. The number of carbonyl (C=O) groups excluding carboxylic acids is 1. The van der Waals surface area contributed by atoms with Gasteiger partial charge in [0, 0.05) is 5.75 Å². The lowest BCUT2D eigenvalue weighted by Gasteiger charge is -2.55. The van der Waals surface area contributed by atoms with Gasteiger partial charge in [-0.15, -0.1) is 11.8 Å². The molecule has 5 rings (SSSR count). The number of rotatable bonds is 6. The fourth-order valence-corrected chi connectivity index (χ4v) is 7.17. The molecule has 4 fully saturated rings. The van der Waals surface area contributed by atoms with E-state index in [4.69, 9.17) is 9.29 Å². The second kappa shape index (κ2) is 7.67. The Hall–Kier alpha value is -1.33. The zero-order chi connectivity index (χ0) is 21.8. The quantitative estimate of drug-likeness (QED) is 0.218. The Morgan fingerprint density at radius 1 is 0.967 bits per heavy atom. The van der Waals surface area contributed by atoms with Crippen molar-refractivity contribution < 1.29 is 40.1 Å². The number of thioether (sulfide) groups is 1. The molecule has 166 valence electrons. The lowest BCUT2D eigenvalue weighted by Crippen LogP contribution is -2.52. The van der Waals surface area contributed by atoms with Crippen LogP contribution in [-0.2, 0) is 19.6 Å². The van der Waals surface area contributed by atoms with Crippen LogP contribution in [0.1, 0.15) is 44.9 Å². The van der Waals surface area contributed by atoms with Crippen LogP contribution in [0.25, 0.3) is 0 Å². The first-order valence-corrected chi connectivity index (χ1v) is 12.1. The molecule has 4 saturated carbocycles. The van der Waals surface area contributed by atoms with Crippen molar-refractivity contribution >= 4 is 27.8 Å². The van der Waals surface area contributed by atoms with Crippen molar-refractivity contribution in [3.8, 4) is 0 Å². The molecule has 0 spiro atoms. The fourth-order valence-electron chi connectivity index (χ4n) is 5.63. The van der Waals surface area contributed by atoms with E-state index >= 15 is 0 Å². The van der Waals surface area contributed by atoms with E-state index in [1.807, 2.05) is 0 Å². The van der Waals surface area contributed by atoms with Crippen LogP contribution < -0.4 is 0 Å². The van der Waals surface area contributed by atoms with Gasteiger partial charge in [0.1, 0.15) is 5.60 Å². The van der Waals surface area contributed by atoms with E-state index in [9.17, 15) is 30.8 Å². The number of hydrogen-bond acceptors (Lipinski definition) is 5. The molecule has 11 heteroatoms. The van der Waals surface area contributed by atoms with Crippen LogP contribution in [0.5, 0.6) is 0 Å². The summed E-state index contributed by atoms with van der Waals surface area (Å²) in [5.74, 6) is -7.38. The molecule has 0 unspecified atom stereocenters. The summed E-state index contributed by atoms with van der Waals surface area (Å²) in [6, 6.07) is 0. The number of carbonyl (C=O) groups is 1. The van der Waals surface area contributed by atoms with Crippen molar-refractivity contribution in [2.45, 2.75) is 60.3 Å². The van der Waals surface area contributed by atoms with Crippen molar-refractivity contribution in [2.75, 3.05) is 5.75 Å². The number of esters is 1. The van der Waals surface area contributed by atoms with Crippen LogP contribution in [0.4, 0.5) is 17.6 Å². The van der Waals surface area contributed by atoms with Crippen LogP contribution in [-0.4, -0.2) is 30.3 Å². The van der Waals surface area contributed by atoms with Gasteiger partial charge < -0.3 is 4.74 Å². The third kappa shape index (κ3) is 3.95. The Bertz CT molecular complexity index is 931. The van der Waals surface area contributed by atoms with Gasteiger partial charge in [-0.3, -0.25) is 9.35 Å². The maximum absolute atomic E-state index is 14.1. The average Bonchev–Trinajstić information content (AvgIpc) is 2.60. The molecule has 0 saturated heterocycles. The van der Waals surface area contributed by atoms with Gasteiger partial charge in [-0.25, -0.2) is 17.6 Å². The molecule has 1 N–H and O–H groups in total. The smallest absolute Gasteiger partial charge is 0.307 e. The SMILES string of the molecule is O=C(CCSc1c(F)c(F)c(S(=O)(=O)O)c(F)c1F)OC12CC3CC(CC(C3)C1)C2. The molecular weight excluding hydrogens is 448 g/mol. The van der Waals surface area contributed by atoms with Crippen molar-refractivity contribution in [3.05, 3.63) is 23.3 Å². The number of halogens is 4. The molecule has 0 atom stereocenters. The van der Waals surface area contributed by atoms with Gasteiger partial charge >= 0.3 is 16.1 Å². The van der Waals surface area contributed by atoms with E-state index in [-0.39, 0.29) is 12.2 Å². The monoisotopic (exact) mass is 468 g/mol. The van der Waals surface area contributed by atoms with E-state index < -0.39 is 54.7 Å². The molecule has 0 aromatic heterocycles. The van der Waals surface area contributed by atoms with E-state index in [2.05, 4.69) is 0 Å².